The van der Waals surface area contributed by atoms with Crippen LogP contribution >= 0.6 is 23.1 Å². The Morgan fingerprint density at radius 1 is 1.29 bits per heavy atom. The molecule has 21 heavy (non-hydrogen) atoms. The first-order valence-corrected chi connectivity index (χ1v) is 8.35. The maximum Gasteiger partial charge on any atom is 0.150 e. The second kappa shape index (κ2) is 5.91. The first kappa shape index (κ1) is 14.2. The third-order valence-corrected chi connectivity index (χ3v) is 5.07. The highest BCUT2D eigenvalue weighted by atomic mass is 32.2. The van der Waals surface area contributed by atoms with E-state index < -0.39 is 0 Å². The number of phenols is 1. The van der Waals surface area contributed by atoms with Crippen LogP contribution in [-0.2, 0) is 6.54 Å². The third kappa shape index (κ3) is 3.11. The van der Waals surface area contributed by atoms with Crippen molar-refractivity contribution in [3.05, 3.63) is 47.8 Å². The molecule has 1 aromatic heterocycles. The Morgan fingerprint density at radius 2 is 2.14 bits per heavy atom. The molecule has 3 aromatic rings. The maximum absolute atomic E-state index is 13.2. The van der Waals surface area contributed by atoms with Crippen LogP contribution in [0.15, 0.2) is 40.7 Å². The third-order valence-electron chi connectivity index (χ3n) is 3.07. The first-order chi connectivity index (χ1) is 10.2. The molecule has 0 aliphatic carbocycles. The van der Waals surface area contributed by atoms with Gasteiger partial charge in [-0.25, -0.2) is 9.37 Å². The highest BCUT2D eigenvalue weighted by Gasteiger charge is 2.06. The maximum atomic E-state index is 13.2. The standard InChI is InChI=1S/C15H13FN2OS2/c1-20-15-18-12-4-3-11(7-14(12)21-15)17-8-9-6-10(16)2-5-13(9)19/h2-7,17,19H,8H2,1H3. The molecule has 0 spiro atoms. The van der Waals surface area contributed by atoms with E-state index in [1.165, 1.54) is 18.2 Å². The molecule has 1 heterocycles. The van der Waals surface area contributed by atoms with Crippen molar-refractivity contribution in [3.8, 4) is 5.75 Å². The number of nitrogens with zero attached hydrogens (tertiary/aromatic N) is 1. The van der Waals surface area contributed by atoms with Gasteiger partial charge in [0, 0.05) is 17.8 Å². The highest BCUT2D eigenvalue weighted by molar-refractivity contribution is 8.00. The summed E-state index contributed by atoms with van der Waals surface area (Å²) in [5.41, 5.74) is 2.43. The van der Waals surface area contributed by atoms with Gasteiger partial charge in [0.25, 0.3) is 0 Å². The Morgan fingerprint density at radius 3 is 2.95 bits per heavy atom. The van der Waals surface area contributed by atoms with Crippen molar-refractivity contribution in [2.24, 2.45) is 0 Å². The number of hydrogen-bond donors (Lipinski definition) is 2. The van der Waals surface area contributed by atoms with E-state index in [-0.39, 0.29) is 11.6 Å². The number of phenolic OH excluding ortho intramolecular Hbond substituents is 1. The molecule has 0 unspecified atom stereocenters. The van der Waals surface area contributed by atoms with Crippen molar-refractivity contribution in [1.82, 2.24) is 4.98 Å². The quantitative estimate of drug-likeness (QED) is 0.696. The minimum Gasteiger partial charge on any atom is -0.508 e. The lowest BCUT2D eigenvalue weighted by atomic mass is 10.2. The molecule has 2 N–H and O–H groups in total. The van der Waals surface area contributed by atoms with E-state index >= 15 is 0 Å². The van der Waals surface area contributed by atoms with Gasteiger partial charge in [0.2, 0.25) is 0 Å². The Kier molecular flexibility index (Phi) is 3.98. The topological polar surface area (TPSA) is 45.2 Å². The molecule has 108 valence electrons. The number of fused-ring (bicyclic) bond motifs is 1. The molecule has 0 fully saturated rings. The molecule has 0 aliphatic rings. The lowest BCUT2D eigenvalue weighted by Crippen LogP contribution is -2.00. The zero-order valence-corrected chi connectivity index (χ0v) is 12.9. The second-order valence-corrected chi connectivity index (χ2v) is 6.58. The molecule has 3 rings (SSSR count). The second-order valence-electron chi connectivity index (χ2n) is 4.49. The van der Waals surface area contributed by atoms with Crippen LogP contribution in [-0.4, -0.2) is 16.3 Å². The summed E-state index contributed by atoms with van der Waals surface area (Å²) in [6, 6.07) is 9.85. The van der Waals surface area contributed by atoms with Gasteiger partial charge in [-0.3, -0.25) is 0 Å². The predicted molar refractivity (Wildman–Crippen MR) is 86.8 cm³/mol. The molecule has 3 nitrogen and oxygen atoms in total. The molecule has 2 aromatic carbocycles. The molecule has 0 atom stereocenters. The molecule has 0 radical (unpaired) electrons. The zero-order chi connectivity index (χ0) is 14.8. The number of aromatic hydroxyl groups is 1. The predicted octanol–water partition coefficient (Wildman–Crippen LogP) is 4.48. The van der Waals surface area contributed by atoms with E-state index in [2.05, 4.69) is 10.3 Å². The number of benzene rings is 2. The van der Waals surface area contributed by atoms with Crippen molar-refractivity contribution >= 4 is 39.0 Å². The lowest BCUT2D eigenvalue weighted by Gasteiger charge is -2.08. The van der Waals surface area contributed by atoms with Crippen LogP contribution in [0.3, 0.4) is 0 Å². The normalized spacial score (nSPS) is 11.0. The summed E-state index contributed by atoms with van der Waals surface area (Å²) in [7, 11) is 0. The van der Waals surface area contributed by atoms with Gasteiger partial charge in [-0.1, -0.05) is 11.8 Å². The van der Waals surface area contributed by atoms with Gasteiger partial charge in [0.15, 0.2) is 4.34 Å². The Labute approximate surface area is 129 Å². The van der Waals surface area contributed by atoms with Crippen molar-refractivity contribution in [2.75, 3.05) is 11.6 Å². The average Bonchev–Trinajstić information content (AvgIpc) is 2.90. The van der Waals surface area contributed by atoms with E-state index in [1.54, 1.807) is 23.1 Å². The summed E-state index contributed by atoms with van der Waals surface area (Å²) in [6.07, 6.45) is 2.00. The number of thiazole rings is 1. The summed E-state index contributed by atoms with van der Waals surface area (Å²) in [5.74, 6) is -0.264. The molecular formula is C15H13FN2OS2. The number of anilines is 1. The molecular weight excluding hydrogens is 307 g/mol. The molecule has 0 amide bonds. The van der Waals surface area contributed by atoms with Crippen LogP contribution in [0.1, 0.15) is 5.56 Å². The minimum atomic E-state index is -0.355. The average molecular weight is 320 g/mol. The number of thioether (sulfide) groups is 1. The van der Waals surface area contributed by atoms with Crippen LogP contribution in [0.4, 0.5) is 10.1 Å². The molecule has 0 bridgehead atoms. The van der Waals surface area contributed by atoms with Gasteiger partial charge in [0.05, 0.1) is 10.2 Å². The number of hydrogen-bond acceptors (Lipinski definition) is 5. The van der Waals surface area contributed by atoms with Gasteiger partial charge in [-0.2, -0.15) is 0 Å². The van der Waals surface area contributed by atoms with Crippen LogP contribution < -0.4 is 5.32 Å². The van der Waals surface area contributed by atoms with Crippen molar-refractivity contribution < 1.29 is 9.50 Å². The summed E-state index contributed by atoms with van der Waals surface area (Å²) in [6.45, 7) is 0.364. The van der Waals surface area contributed by atoms with Crippen LogP contribution in [0, 0.1) is 5.82 Å². The van der Waals surface area contributed by atoms with E-state index in [9.17, 15) is 9.50 Å². The lowest BCUT2D eigenvalue weighted by molar-refractivity contribution is 0.466. The summed E-state index contributed by atoms with van der Waals surface area (Å²) < 4.78 is 15.3. The fourth-order valence-electron chi connectivity index (χ4n) is 1.99. The first-order valence-electron chi connectivity index (χ1n) is 6.31. The smallest absolute Gasteiger partial charge is 0.150 e. The summed E-state index contributed by atoms with van der Waals surface area (Å²) in [5, 5.41) is 12.9. The van der Waals surface area contributed by atoms with Gasteiger partial charge < -0.3 is 10.4 Å². The molecule has 0 saturated heterocycles. The largest absolute Gasteiger partial charge is 0.508 e. The Balaban J connectivity index is 1.80. The van der Waals surface area contributed by atoms with Gasteiger partial charge >= 0.3 is 0 Å². The van der Waals surface area contributed by atoms with E-state index in [0.29, 0.717) is 12.1 Å². The number of rotatable bonds is 4. The van der Waals surface area contributed by atoms with E-state index in [4.69, 9.17) is 0 Å². The van der Waals surface area contributed by atoms with Crippen molar-refractivity contribution in [2.45, 2.75) is 10.9 Å². The summed E-state index contributed by atoms with van der Waals surface area (Å²) >= 11 is 3.27. The Hall–Kier alpha value is -1.79. The number of halogens is 1. The van der Waals surface area contributed by atoms with Crippen molar-refractivity contribution in [3.63, 3.8) is 0 Å². The van der Waals surface area contributed by atoms with Crippen LogP contribution in [0.5, 0.6) is 5.75 Å². The zero-order valence-electron chi connectivity index (χ0n) is 11.3. The van der Waals surface area contributed by atoms with Crippen LogP contribution in [0.2, 0.25) is 0 Å². The fraction of sp³-hybridized carbons (Fsp3) is 0.133. The molecule has 0 aliphatic heterocycles. The number of nitrogens with one attached hydrogen (secondary N) is 1. The summed E-state index contributed by atoms with van der Waals surface area (Å²) in [4.78, 5) is 4.48. The van der Waals surface area contributed by atoms with Gasteiger partial charge in [-0.15, -0.1) is 11.3 Å². The number of aromatic nitrogens is 1. The van der Waals surface area contributed by atoms with Crippen LogP contribution in [0.25, 0.3) is 10.2 Å². The highest BCUT2D eigenvalue weighted by Crippen LogP contribution is 2.30. The molecule has 6 heteroatoms. The monoisotopic (exact) mass is 320 g/mol. The van der Waals surface area contributed by atoms with E-state index in [1.807, 2.05) is 24.5 Å². The van der Waals surface area contributed by atoms with Crippen molar-refractivity contribution in [1.29, 1.82) is 0 Å². The van der Waals surface area contributed by atoms with E-state index in [0.717, 1.165) is 20.2 Å². The molecule has 0 saturated carbocycles. The fourth-order valence-corrected chi connectivity index (χ4v) is 3.52. The van der Waals surface area contributed by atoms with Gasteiger partial charge in [-0.05, 0) is 42.7 Å². The minimum absolute atomic E-state index is 0.0902. The SMILES string of the molecule is CSc1nc2ccc(NCc3cc(F)ccc3O)cc2s1. The van der Waals surface area contributed by atoms with Gasteiger partial charge in [0.1, 0.15) is 11.6 Å². The Bertz CT molecular complexity index is 788.